The van der Waals surface area contributed by atoms with Crippen LogP contribution in [0.4, 0.5) is 22.0 Å². The normalized spacial score (nSPS) is 12.3. The number of rotatable bonds is 3. The molecule has 0 radical (unpaired) electrons. The maximum Gasteiger partial charge on any atom is 0.416 e. The number of alkyl halides is 5. The summed E-state index contributed by atoms with van der Waals surface area (Å²) in [7, 11) is 0. The van der Waals surface area contributed by atoms with Gasteiger partial charge >= 0.3 is 6.18 Å². The van der Waals surface area contributed by atoms with Crippen molar-refractivity contribution in [2.75, 3.05) is 0 Å². The molecule has 0 amide bonds. The molecule has 1 N–H and O–H groups in total. The summed E-state index contributed by atoms with van der Waals surface area (Å²) >= 11 is 17.3. The van der Waals surface area contributed by atoms with Gasteiger partial charge < -0.3 is 5.11 Å². The van der Waals surface area contributed by atoms with Crippen molar-refractivity contribution in [1.82, 2.24) is 9.78 Å². The summed E-state index contributed by atoms with van der Waals surface area (Å²) in [6.45, 7) is -0.845. The first kappa shape index (κ1) is 18.3. The third-order valence-electron chi connectivity index (χ3n) is 2.86. The molecule has 23 heavy (non-hydrogen) atoms. The van der Waals surface area contributed by atoms with E-state index in [2.05, 4.69) is 5.10 Å². The fraction of sp³-hybridized carbons (Fsp3) is 0.250. The van der Waals surface area contributed by atoms with E-state index in [1.807, 2.05) is 0 Å². The maximum absolute atomic E-state index is 13.0. The van der Waals surface area contributed by atoms with Gasteiger partial charge in [0.15, 0.2) is 0 Å². The number of halogens is 8. The first-order chi connectivity index (χ1) is 10.6. The summed E-state index contributed by atoms with van der Waals surface area (Å²) in [6, 6.07) is 1.14. The Balaban J connectivity index is 2.69. The average molecular weight is 396 g/mol. The second kappa shape index (κ2) is 6.43. The number of benzene rings is 1. The minimum absolute atomic E-state index is 0.298. The Labute approximate surface area is 141 Å². The van der Waals surface area contributed by atoms with Crippen LogP contribution >= 0.6 is 34.8 Å². The molecule has 2 aromatic rings. The molecule has 2 rings (SSSR count). The van der Waals surface area contributed by atoms with Gasteiger partial charge in [-0.25, -0.2) is 13.5 Å². The Morgan fingerprint density at radius 3 is 2.00 bits per heavy atom. The molecule has 0 fully saturated rings. The molecule has 0 aliphatic heterocycles. The minimum atomic E-state index is -4.69. The largest absolute Gasteiger partial charge is 0.416 e. The van der Waals surface area contributed by atoms with Crippen LogP contribution in [-0.2, 0) is 12.8 Å². The third-order valence-corrected chi connectivity index (χ3v) is 3.80. The number of aliphatic hydroxyl groups is 1. The van der Waals surface area contributed by atoms with Gasteiger partial charge in [-0.3, -0.25) is 0 Å². The topological polar surface area (TPSA) is 38.1 Å². The van der Waals surface area contributed by atoms with Crippen LogP contribution in [0, 0.1) is 0 Å². The third kappa shape index (κ3) is 3.40. The molecular formula is C12H6Cl3F5N2O. The predicted molar refractivity (Wildman–Crippen MR) is 74.5 cm³/mol. The van der Waals surface area contributed by atoms with E-state index in [0.717, 1.165) is 0 Å². The van der Waals surface area contributed by atoms with Crippen molar-refractivity contribution >= 4 is 34.8 Å². The number of hydrogen-bond acceptors (Lipinski definition) is 2. The van der Waals surface area contributed by atoms with Crippen molar-refractivity contribution in [2.45, 2.75) is 19.2 Å². The van der Waals surface area contributed by atoms with Gasteiger partial charge in [-0.15, -0.1) is 0 Å². The lowest BCUT2D eigenvalue weighted by atomic mass is 10.2. The van der Waals surface area contributed by atoms with Gasteiger partial charge in [0, 0.05) is 0 Å². The Bertz CT molecular complexity index is 722. The molecule has 1 aromatic heterocycles. The molecule has 0 atom stereocenters. The van der Waals surface area contributed by atoms with Crippen LogP contribution < -0.4 is 0 Å². The molecule has 0 unspecified atom stereocenters. The molecule has 11 heteroatoms. The molecule has 1 heterocycles. The summed E-state index contributed by atoms with van der Waals surface area (Å²) < 4.78 is 64.7. The van der Waals surface area contributed by atoms with Crippen LogP contribution in [0.5, 0.6) is 0 Å². The van der Waals surface area contributed by atoms with Crippen molar-refractivity contribution < 1.29 is 27.1 Å². The Kier molecular flexibility index (Phi) is 5.10. The fourth-order valence-corrected chi connectivity index (χ4v) is 2.83. The van der Waals surface area contributed by atoms with Crippen LogP contribution in [0.15, 0.2) is 12.1 Å². The molecule has 0 spiro atoms. The van der Waals surface area contributed by atoms with Gasteiger partial charge in [-0.05, 0) is 12.1 Å². The van der Waals surface area contributed by atoms with Crippen molar-refractivity contribution in [3.05, 3.63) is 44.2 Å². The SMILES string of the molecule is OCc1nn(-c2c(Cl)cc(C(F)(F)F)cc2Cl)c(Cl)c1C(F)F. The lowest BCUT2D eigenvalue weighted by molar-refractivity contribution is -0.137. The molecule has 0 saturated carbocycles. The first-order valence-corrected chi connectivity index (χ1v) is 6.94. The number of hydrogen-bond donors (Lipinski definition) is 1. The summed E-state index contributed by atoms with van der Waals surface area (Å²) in [4.78, 5) is 0. The Morgan fingerprint density at radius 1 is 1.13 bits per heavy atom. The van der Waals surface area contributed by atoms with Crippen LogP contribution in [0.3, 0.4) is 0 Å². The maximum atomic E-state index is 13.0. The van der Waals surface area contributed by atoms with E-state index in [0.29, 0.717) is 16.8 Å². The zero-order valence-electron chi connectivity index (χ0n) is 10.8. The van der Waals surface area contributed by atoms with Crippen molar-refractivity contribution in [2.24, 2.45) is 0 Å². The second-order valence-electron chi connectivity index (χ2n) is 4.31. The highest BCUT2D eigenvalue weighted by Gasteiger charge is 2.33. The molecule has 1 aromatic carbocycles. The van der Waals surface area contributed by atoms with Gasteiger partial charge in [0.05, 0.1) is 33.5 Å². The van der Waals surface area contributed by atoms with E-state index in [1.165, 1.54) is 0 Å². The summed E-state index contributed by atoms with van der Waals surface area (Å²) in [5, 5.41) is 11.1. The second-order valence-corrected chi connectivity index (χ2v) is 5.48. The predicted octanol–water partition coefficient (Wildman–Crippen LogP) is 5.28. The number of nitrogens with zero attached hydrogens (tertiary/aromatic N) is 2. The standard InChI is InChI=1S/C12H6Cl3F5N2O/c13-5-1-4(12(18,19)20)2-6(14)9(5)22-10(15)8(11(16)17)7(3-23)21-22/h1-2,11,23H,3H2. The van der Waals surface area contributed by atoms with E-state index in [1.54, 1.807) is 0 Å². The molecule has 0 aliphatic rings. The van der Waals surface area contributed by atoms with Gasteiger partial charge in [-0.1, -0.05) is 34.8 Å². The molecular weight excluding hydrogens is 389 g/mol. The molecule has 0 saturated heterocycles. The number of aliphatic hydroxyl groups excluding tert-OH is 1. The Morgan fingerprint density at radius 2 is 1.65 bits per heavy atom. The van der Waals surface area contributed by atoms with E-state index < -0.39 is 51.2 Å². The lowest BCUT2D eigenvalue weighted by Crippen LogP contribution is -2.07. The van der Waals surface area contributed by atoms with Gasteiger partial charge in [-0.2, -0.15) is 18.3 Å². The first-order valence-electron chi connectivity index (χ1n) is 5.80. The van der Waals surface area contributed by atoms with Gasteiger partial charge in [0.1, 0.15) is 10.8 Å². The van der Waals surface area contributed by atoms with Crippen LogP contribution in [-0.4, -0.2) is 14.9 Å². The summed E-state index contributed by atoms with van der Waals surface area (Å²) in [5.41, 5.74) is -2.60. The quantitative estimate of drug-likeness (QED) is 0.718. The van der Waals surface area contributed by atoms with Crippen LogP contribution in [0.25, 0.3) is 5.69 Å². The molecule has 126 valence electrons. The summed E-state index contributed by atoms with van der Waals surface area (Å²) in [5.74, 6) is 0. The highest BCUT2D eigenvalue weighted by molar-refractivity contribution is 6.38. The van der Waals surface area contributed by atoms with E-state index >= 15 is 0 Å². The van der Waals surface area contributed by atoms with E-state index in [-0.39, 0.29) is 5.69 Å². The van der Waals surface area contributed by atoms with Crippen LogP contribution in [0.1, 0.15) is 23.2 Å². The average Bonchev–Trinajstić information content (AvgIpc) is 2.74. The van der Waals surface area contributed by atoms with Crippen molar-refractivity contribution in [1.29, 1.82) is 0 Å². The molecule has 0 bridgehead atoms. The minimum Gasteiger partial charge on any atom is -0.390 e. The van der Waals surface area contributed by atoms with Crippen molar-refractivity contribution in [3.8, 4) is 5.69 Å². The Hall–Kier alpha value is -1.09. The zero-order valence-corrected chi connectivity index (χ0v) is 13.1. The smallest absolute Gasteiger partial charge is 0.390 e. The van der Waals surface area contributed by atoms with Crippen LogP contribution in [0.2, 0.25) is 15.2 Å². The van der Waals surface area contributed by atoms with E-state index in [4.69, 9.17) is 39.9 Å². The monoisotopic (exact) mass is 394 g/mol. The van der Waals surface area contributed by atoms with E-state index in [9.17, 15) is 22.0 Å². The molecule has 0 aliphatic carbocycles. The highest BCUT2D eigenvalue weighted by Crippen LogP contribution is 2.40. The van der Waals surface area contributed by atoms with Crippen molar-refractivity contribution in [3.63, 3.8) is 0 Å². The summed E-state index contributed by atoms with van der Waals surface area (Å²) in [6.07, 6.45) is -7.74. The highest BCUT2D eigenvalue weighted by atomic mass is 35.5. The number of aromatic nitrogens is 2. The van der Waals surface area contributed by atoms with Gasteiger partial charge in [0.25, 0.3) is 6.43 Å². The van der Waals surface area contributed by atoms with Gasteiger partial charge in [0.2, 0.25) is 0 Å². The molecule has 3 nitrogen and oxygen atoms in total. The fourth-order valence-electron chi connectivity index (χ4n) is 1.86. The zero-order chi connectivity index (χ0) is 17.5. The lowest BCUT2D eigenvalue weighted by Gasteiger charge is -2.13.